The van der Waals surface area contributed by atoms with Gasteiger partial charge in [0.25, 0.3) is 11.1 Å². The maximum Gasteiger partial charge on any atom is 0.284 e. The first-order valence-electron chi connectivity index (χ1n) is 7.08. The molecule has 1 N–H and O–H groups in total. The van der Waals surface area contributed by atoms with Gasteiger partial charge in [-0.25, -0.2) is 0 Å². The first kappa shape index (κ1) is 15.4. The number of nitrogens with one attached hydrogen (secondary N) is 1. The van der Waals surface area contributed by atoms with Crippen molar-refractivity contribution in [3.8, 4) is 11.7 Å². The van der Waals surface area contributed by atoms with Crippen molar-refractivity contribution in [1.29, 1.82) is 0 Å². The van der Waals surface area contributed by atoms with Gasteiger partial charge in [0.1, 0.15) is 0 Å². The van der Waals surface area contributed by atoms with E-state index in [1.165, 1.54) is 18.0 Å². The van der Waals surface area contributed by atoms with Crippen LogP contribution in [0.5, 0.6) is 0 Å². The Hall–Kier alpha value is -2.54. The van der Waals surface area contributed by atoms with Crippen LogP contribution < -0.4 is 5.32 Å². The Morgan fingerprint density at radius 1 is 1.22 bits per heavy atom. The zero-order valence-corrected chi connectivity index (χ0v) is 13.2. The van der Waals surface area contributed by atoms with Gasteiger partial charge in [-0.05, 0) is 24.6 Å². The van der Waals surface area contributed by atoms with Crippen LogP contribution in [0.15, 0.2) is 62.8 Å². The molecule has 0 aliphatic rings. The van der Waals surface area contributed by atoms with Gasteiger partial charge in [0.05, 0.1) is 11.5 Å². The summed E-state index contributed by atoms with van der Waals surface area (Å²) >= 11 is 1.21. The van der Waals surface area contributed by atoms with Crippen LogP contribution in [0.1, 0.15) is 12.5 Å². The van der Waals surface area contributed by atoms with Crippen molar-refractivity contribution in [2.75, 3.05) is 0 Å². The molecule has 7 heteroatoms. The van der Waals surface area contributed by atoms with Crippen LogP contribution in [0.3, 0.4) is 0 Å². The van der Waals surface area contributed by atoms with E-state index in [1.807, 2.05) is 30.3 Å². The molecule has 0 bridgehead atoms. The molecule has 0 saturated carbocycles. The van der Waals surface area contributed by atoms with Crippen LogP contribution in [0.4, 0.5) is 0 Å². The summed E-state index contributed by atoms with van der Waals surface area (Å²) in [6, 6.07) is 13.2. The first-order chi connectivity index (χ1) is 11.2. The van der Waals surface area contributed by atoms with E-state index < -0.39 is 0 Å². The lowest BCUT2D eigenvalue weighted by atomic mass is 10.2. The molecule has 0 fully saturated rings. The van der Waals surface area contributed by atoms with Gasteiger partial charge >= 0.3 is 0 Å². The number of aromatic nitrogens is 2. The summed E-state index contributed by atoms with van der Waals surface area (Å²) in [6.07, 6.45) is 1.53. The largest absolute Gasteiger partial charge is 0.459 e. The van der Waals surface area contributed by atoms with Gasteiger partial charge in [-0.2, -0.15) is 0 Å². The van der Waals surface area contributed by atoms with E-state index in [1.54, 1.807) is 19.1 Å². The van der Waals surface area contributed by atoms with E-state index in [4.69, 9.17) is 8.83 Å². The SMILES string of the molecule is C[C@H](Sc1nnc(-c2ccco2)o1)C(=O)NCc1ccccc1. The second-order valence-electron chi connectivity index (χ2n) is 4.81. The number of hydrogen-bond donors (Lipinski definition) is 1. The van der Waals surface area contributed by atoms with Crippen LogP contribution in [0.25, 0.3) is 11.7 Å². The molecular weight excluding hydrogens is 314 g/mol. The molecule has 0 aliphatic heterocycles. The Kier molecular flexibility index (Phi) is 4.77. The minimum absolute atomic E-state index is 0.0865. The number of carbonyl (C=O) groups excluding carboxylic acids is 1. The van der Waals surface area contributed by atoms with Gasteiger partial charge in [-0.1, -0.05) is 42.1 Å². The number of carbonyl (C=O) groups is 1. The molecule has 2 aromatic heterocycles. The maximum absolute atomic E-state index is 12.1. The summed E-state index contributed by atoms with van der Waals surface area (Å²) in [5, 5.41) is 10.7. The fraction of sp³-hybridized carbons (Fsp3) is 0.188. The number of benzene rings is 1. The molecule has 23 heavy (non-hydrogen) atoms. The van der Waals surface area contributed by atoms with Crippen molar-refractivity contribution in [2.45, 2.75) is 23.9 Å². The molecule has 2 heterocycles. The lowest BCUT2D eigenvalue weighted by Crippen LogP contribution is -2.30. The number of furan rings is 1. The monoisotopic (exact) mass is 329 g/mol. The summed E-state index contributed by atoms with van der Waals surface area (Å²) in [5.74, 6) is 0.719. The van der Waals surface area contributed by atoms with Gasteiger partial charge in [-0.3, -0.25) is 4.79 Å². The molecule has 1 amide bonds. The lowest BCUT2D eigenvalue weighted by molar-refractivity contribution is -0.120. The van der Waals surface area contributed by atoms with Crippen LogP contribution in [-0.4, -0.2) is 21.4 Å². The Morgan fingerprint density at radius 2 is 2.04 bits per heavy atom. The van der Waals surface area contributed by atoms with Crippen molar-refractivity contribution in [2.24, 2.45) is 0 Å². The second kappa shape index (κ2) is 7.15. The molecule has 3 aromatic rings. The highest BCUT2D eigenvalue weighted by Gasteiger charge is 2.19. The second-order valence-corrected chi connectivity index (χ2v) is 6.11. The summed E-state index contributed by atoms with van der Waals surface area (Å²) in [4.78, 5) is 12.1. The molecule has 3 rings (SSSR count). The zero-order chi connectivity index (χ0) is 16.1. The van der Waals surface area contributed by atoms with Crippen LogP contribution in [0.2, 0.25) is 0 Å². The maximum atomic E-state index is 12.1. The Balaban J connectivity index is 1.54. The molecule has 6 nitrogen and oxygen atoms in total. The van der Waals surface area contributed by atoms with Crippen molar-refractivity contribution in [1.82, 2.24) is 15.5 Å². The highest BCUT2D eigenvalue weighted by atomic mass is 32.2. The quantitative estimate of drug-likeness (QED) is 0.700. The molecule has 0 spiro atoms. The molecule has 1 aromatic carbocycles. The standard InChI is InChI=1S/C16H15N3O3S/c1-11(14(20)17-10-12-6-3-2-4-7-12)23-16-19-18-15(22-16)13-8-5-9-21-13/h2-9,11H,10H2,1H3,(H,17,20)/t11-/m0/s1. The van der Waals surface area contributed by atoms with E-state index in [0.29, 0.717) is 23.4 Å². The Bertz CT molecular complexity index is 756. The summed E-state index contributed by atoms with van der Waals surface area (Å²) in [7, 11) is 0. The smallest absolute Gasteiger partial charge is 0.284 e. The third-order valence-electron chi connectivity index (χ3n) is 3.09. The predicted molar refractivity (Wildman–Crippen MR) is 85.6 cm³/mol. The van der Waals surface area contributed by atoms with E-state index >= 15 is 0 Å². The van der Waals surface area contributed by atoms with E-state index in [2.05, 4.69) is 15.5 Å². The van der Waals surface area contributed by atoms with Crippen molar-refractivity contribution in [3.63, 3.8) is 0 Å². The molecule has 0 saturated heterocycles. The number of hydrogen-bond acceptors (Lipinski definition) is 6. The number of rotatable bonds is 6. The highest BCUT2D eigenvalue weighted by Crippen LogP contribution is 2.26. The van der Waals surface area contributed by atoms with Gasteiger partial charge in [0, 0.05) is 6.54 Å². The average molecular weight is 329 g/mol. The molecule has 0 radical (unpaired) electrons. The third kappa shape index (κ3) is 4.01. The van der Waals surface area contributed by atoms with Gasteiger partial charge in [0.2, 0.25) is 5.91 Å². The summed E-state index contributed by atoms with van der Waals surface area (Å²) in [6.45, 7) is 2.29. The highest BCUT2D eigenvalue weighted by molar-refractivity contribution is 8.00. The Labute approximate surface area is 137 Å². The topological polar surface area (TPSA) is 81.2 Å². The van der Waals surface area contributed by atoms with Gasteiger partial charge in [0.15, 0.2) is 5.76 Å². The molecule has 0 aliphatic carbocycles. The normalized spacial score (nSPS) is 12.0. The number of amides is 1. The van der Waals surface area contributed by atoms with E-state index in [-0.39, 0.29) is 11.2 Å². The van der Waals surface area contributed by atoms with Gasteiger partial charge < -0.3 is 14.2 Å². The predicted octanol–water partition coefficient (Wildman–Crippen LogP) is 3.13. The average Bonchev–Trinajstić information content (AvgIpc) is 3.24. The lowest BCUT2D eigenvalue weighted by Gasteiger charge is -2.09. The molecular formula is C16H15N3O3S. The fourth-order valence-corrected chi connectivity index (χ4v) is 2.60. The van der Waals surface area contributed by atoms with E-state index in [0.717, 1.165) is 5.56 Å². The first-order valence-corrected chi connectivity index (χ1v) is 7.96. The van der Waals surface area contributed by atoms with Crippen LogP contribution >= 0.6 is 11.8 Å². The fourth-order valence-electron chi connectivity index (χ4n) is 1.89. The number of nitrogens with zero attached hydrogens (tertiary/aromatic N) is 2. The van der Waals surface area contributed by atoms with Crippen molar-refractivity contribution >= 4 is 17.7 Å². The molecule has 0 unspecified atom stereocenters. The minimum Gasteiger partial charge on any atom is -0.459 e. The number of thioether (sulfide) groups is 1. The third-order valence-corrected chi connectivity index (χ3v) is 4.03. The van der Waals surface area contributed by atoms with Crippen LogP contribution in [-0.2, 0) is 11.3 Å². The summed E-state index contributed by atoms with van der Waals surface area (Å²) < 4.78 is 10.7. The molecule has 1 atom stereocenters. The van der Waals surface area contributed by atoms with Crippen molar-refractivity contribution < 1.29 is 13.6 Å². The minimum atomic E-state index is -0.344. The van der Waals surface area contributed by atoms with Gasteiger partial charge in [-0.15, -0.1) is 10.2 Å². The summed E-state index contributed by atoms with van der Waals surface area (Å²) in [5.41, 5.74) is 1.05. The van der Waals surface area contributed by atoms with Crippen molar-refractivity contribution in [3.05, 3.63) is 54.3 Å². The van der Waals surface area contributed by atoms with Crippen LogP contribution in [0, 0.1) is 0 Å². The zero-order valence-electron chi connectivity index (χ0n) is 12.4. The van der Waals surface area contributed by atoms with E-state index in [9.17, 15) is 4.79 Å². The Morgan fingerprint density at radius 3 is 2.78 bits per heavy atom. The molecule has 118 valence electrons.